The number of carbonyl (C=O) groups is 2. The normalized spacial score (nSPS) is 14.9. The van der Waals surface area contributed by atoms with Crippen LogP contribution in [0.4, 0.5) is 10.5 Å². The lowest BCUT2D eigenvalue weighted by Gasteiger charge is -2.16. The summed E-state index contributed by atoms with van der Waals surface area (Å²) in [5.74, 6) is 0.184. The van der Waals surface area contributed by atoms with Gasteiger partial charge in [-0.15, -0.1) is 0 Å². The molecular weight excluding hydrogens is 346 g/mol. The fraction of sp³-hybridized carbons (Fsp3) is 0.400. The Kier molecular flexibility index (Phi) is 6.28. The first kappa shape index (κ1) is 18.5. The molecular formula is C20H25N3O2S. The molecule has 3 rings (SSSR count). The minimum absolute atomic E-state index is 0.0574. The maximum atomic E-state index is 12.2. The minimum Gasteiger partial charge on any atom is -0.342 e. The predicted octanol–water partition coefficient (Wildman–Crippen LogP) is 3.67. The number of benzene rings is 1. The van der Waals surface area contributed by atoms with Gasteiger partial charge >= 0.3 is 6.03 Å². The van der Waals surface area contributed by atoms with Crippen molar-refractivity contribution in [3.63, 3.8) is 0 Å². The van der Waals surface area contributed by atoms with E-state index in [2.05, 4.69) is 22.1 Å². The van der Waals surface area contributed by atoms with Crippen molar-refractivity contribution in [3.8, 4) is 0 Å². The second-order valence-corrected chi connectivity index (χ2v) is 7.58. The van der Waals surface area contributed by atoms with Crippen LogP contribution in [0.1, 0.15) is 30.9 Å². The molecule has 3 amide bonds. The fourth-order valence-corrected chi connectivity index (χ4v) is 3.84. The number of hydrogen-bond acceptors (Lipinski definition) is 3. The quantitative estimate of drug-likeness (QED) is 0.814. The summed E-state index contributed by atoms with van der Waals surface area (Å²) in [6.07, 6.45) is 3.45. The molecule has 0 saturated carbocycles. The van der Waals surface area contributed by atoms with Crippen LogP contribution in [0.5, 0.6) is 0 Å². The van der Waals surface area contributed by atoms with E-state index in [1.807, 2.05) is 41.5 Å². The molecule has 5 nitrogen and oxygen atoms in total. The van der Waals surface area contributed by atoms with E-state index >= 15 is 0 Å². The van der Waals surface area contributed by atoms with Crippen LogP contribution in [-0.4, -0.2) is 36.0 Å². The molecule has 1 unspecified atom stereocenters. The van der Waals surface area contributed by atoms with Crippen molar-refractivity contribution >= 4 is 29.0 Å². The van der Waals surface area contributed by atoms with Gasteiger partial charge in [-0.1, -0.05) is 12.1 Å². The lowest BCUT2D eigenvalue weighted by atomic mass is 10.1. The number of rotatable bonds is 6. The van der Waals surface area contributed by atoms with Crippen molar-refractivity contribution in [1.29, 1.82) is 0 Å². The molecule has 138 valence electrons. The zero-order chi connectivity index (χ0) is 18.4. The molecule has 6 heteroatoms. The van der Waals surface area contributed by atoms with Gasteiger partial charge in [0.1, 0.15) is 0 Å². The van der Waals surface area contributed by atoms with Gasteiger partial charge in [-0.3, -0.25) is 4.79 Å². The van der Waals surface area contributed by atoms with E-state index < -0.39 is 0 Å². The second-order valence-electron chi connectivity index (χ2n) is 6.80. The molecule has 0 radical (unpaired) electrons. The van der Waals surface area contributed by atoms with Gasteiger partial charge in [0.25, 0.3) is 0 Å². The Morgan fingerprint density at radius 1 is 1.12 bits per heavy atom. The third kappa shape index (κ3) is 5.33. The van der Waals surface area contributed by atoms with Crippen LogP contribution in [0.25, 0.3) is 0 Å². The number of anilines is 1. The van der Waals surface area contributed by atoms with E-state index in [4.69, 9.17) is 0 Å². The SMILES string of the molecule is CC(Cc1ccsc1)NC(=O)Nc1ccc(CC(=O)N2CCCC2)cc1. The summed E-state index contributed by atoms with van der Waals surface area (Å²) in [6, 6.07) is 9.40. The molecule has 2 heterocycles. The van der Waals surface area contributed by atoms with Crippen LogP contribution >= 0.6 is 11.3 Å². The number of hydrogen-bond donors (Lipinski definition) is 2. The molecule has 1 aromatic carbocycles. The molecule has 1 aliphatic rings. The summed E-state index contributed by atoms with van der Waals surface area (Å²) in [7, 11) is 0. The second kappa shape index (κ2) is 8.85. The topological polar surface area (TPSA) is 61.4 Å². The molecule has 1 atom stereocenters. The highest BCUT2D eigenvalue weighted by molar-refractivity contribution is 7.07. The number of thiophene rings is 1. The van der Waals surface area contributed by atoms with Gasteiger partial charge in [0.15, 0.2) is 0 Å². The average molecular weight is 372 g/mol. The summed E-state index contributed by atoms with van der Waals surface area (Å²) in [6.45, 7) is 3.74. The number of likely N-dealkylation sites (tertiary alicyclic amines) is 1. The van der Waals surface area contributed by atoms with E-state index in [1.54, 1.807) is 11.3 Å². The Morgan fingerprint density at radius 2 is 1.85 bits per heavy atom. The molecule has 2 N–H and O–H groups in total. The first-order valence-corrected chi connectivity index (χ1v) is 10.00. The molecule has 0 bridgehead atoms. The maximum absolute atomic E-state index is 12.2. The molecule has 1 fully saturated rings. The van der Waals surface area contributed by atoms with Crippen molar-refractivity contribution < 1.29 is 9.59 Å². The molecule has 0 spiro atoms. The van der Waals surface area contributed by atoms with Crippen molar-refractivity contribution in [2.75, 3.05) is 18.4 Å². The Morgan fingerprint density at radius 3 is 2.50 bits per heavy atom. The van der Waals surface area contributed by atoms with Gasteiger partial charge in [0.05, 0.1) is 6.42 Å². The third-order valence-corrected chi connectivity index (χ3v) is 5.26. The fourth-order valence-electron chi connectivity index (χ4n) is 3.16. The zero-order valence-corrected chi connectivity index (χ0v) is 15.8. The van der Waals surface area contributed by atoms with E-state index in [0.29, 0.717) is 6.42 Å². The largest absolute Gasteiger partial charge is 0.342 e. The number of nitrogens with one attached hydrogen (secondary N) is 2. The Balaban J connectivity index is 1.45. The number of urea groups is 1. The number of amides is 3. The lowest BCUT2D eigenvalue weighted by Crippen LogP contribution is -2.37. The first-order valence-electron chi connectivity index (χ1n) is 9.05. The highest BCUT2D eigenvalue weighted by Crippen LogP contribution is 2.14. The van der Waals surface area contributed by atoms with Gasteiger partial charge < -0.3 is 15.5 Å². The van der Waals surface area contributed by atoms with E-state index in [9.17, 15) is 9.59 Å². The number of carbonyl (C=O) groups excluding carboxylic acids is 2. The Bertz CT molecular complexity index is 722. The molecule has 1 saturated heterocycles. The third-order valence-electron chi connectivity index (χ3n) is 4.53. The summed E-state index contributed by atoms with van der Waals surface area (Å²) in [5, 5.41) is 9.92. The summed E-state index contributed by atoms with van der Waals surface area (Å²) >= 11 is 1.66. The van der Waals surface area contributed by atoms with Gasteiger partial charge in [-0.2, -0.15) is 11.3 Å². The number of nitrogens with zero attached hydrogens (tertiary/aromatic N) is 1. The molecule has 0 aliphatic carbocycles. The standard InChI is InChI=1S/C20H25N3O2S/c1-15(12-17-8-11-26-14-17)21-20(25)22-18-6-4-16(5-7-18)13-19(24)23-9-2-3-10-23/h4-8,11,14-15H,2-3,9-10,12-13H2,1H3,(H2,21,22,25). The van der Waals surface area contributed by atoms with Crippen molar-refractivity contribution in [1.82, 2.24) is 10.2 Å². The van der Waals surface area contributed by atoms with Crippen LogP contribution in [0.2, 0.25) is 0 Å². The van der Waals surface area contributed by atoms with E-state index in [1.165, 1.54) is 5.56 Å². The highest BCUT2D eigenvalue weighted by atomic mass is 32.1. The van der Waals surface area contributed by atoms with Gasteiger partial charge in [0.2, 0.25) is 5.91 Å². The lowest BCUT2D eigenvalue weighted by molar-refractivity contribution is -0.129. The first-order chi connectivity index (χ1) is 12.6. The van der Waals surface area contributed by atoms with Crippen molar-refractivity contribution in [2.24, 2.45) is 0 Å². The maximum Gasteiger partial charge on any atom is 0.319 e. The van der Waals surface area contributed by atoms with Crippen LogP contribution in [0.15, 0.2) is 41.1 Å². The summed E-state index contributed by atoms with van der Waals surface area (Å²) in [4.78, 5) is 26.2. The summed E-state index contributed by atoms with van der Waals surface area (Å²) in [5.41, 5.74) is 2.93. The van der Waals surface area contributed by atoms with E-state index in [0.717, 1.165) is 43.6 Å². The summed E-state index contributed by atoms with van der Waals surface area (Å²) < 4.78 is 0. The molecule has 2 aromatic rings. The van der Waals surface area contributed by atoms with Crippen molar-refractivity contribution in [3.05, 3.63) is 52.2 Å². The highest BCUT2D eigenvalue weighted by Gasteiger charge is 2.17. The van der Waals surface area contributed by atoms with E-state index in [-0.39, 0.29) is 18.0 Å². The Labute approximate surface area is 158 Å². The smallest absolute Gasteiger partial charge is 0.319 e. The van der Waals surface area contributed by atoms with Crippen LogP contribution in [-0.2, 0) is 17.6 Å². The van der Waals surface area contributed by atoms with Crippen LogP contribution in [0, 0.1) is 0 Å². The van der Waals surface area contributed by atoms with Crippen LogP contribution in [0.3, 0.4) is 0 Å². The Hall–Kier alpha value is -2.34. The van der Waals surface area contributed by atoms with Gasteiger partial charge in [-0.25, -0.2) is 4.79 Å². The average Bonchev–Trinajstić information content (AvgIpc) is 3.29. The molecule has 1 aliphatic heterocycles. The monoisotopic (exact) mass is 371 g/mol. The van der Waals surface area contributed by atoms with Gasteiger partial charge in [0, 0.05) is 24.8 Å². The predicted molar refractivity (Wildman–Crippen MR) is 106 cm³/mol. The zero-order valence-electron chi connectivity index (χ0n) is 15.0. The van der Waals surface area contributed by atoms with Gasteiger partial charge in [-0.05, 0) is 66.3 Å². The molecule has 26 heavy (non-hydrogen) atoms. The molecule has 1 aromatic heterocycles. The van der Waals surface area contributed by atoms with Crippen LogP contribution < -0.4 is 10.6 Å². The minimum atomic E-state index is -0.214. The van der Waals surface area contributed by atoms with Crippen molar-refractivity contribution in [2.45, 2.75) is 38.6 Å².